The Bertz CT molecular complexity index is 705. The maximum absolute atomic E-state index is 12.5. The number of aromatic nitrogens is 3. The summed E-state index contributed by atoms with van der Waals surface area (Å²) in [6.45, 7) is 7.13. The van der Waals surface area contributed by atoms with Crippen molar-refractivity contribution in [2.45, 2.75) is 19.9 Å². The van der Waals surface area contributed by atoms with Gasteiger partial charge in [0.2, 0.25) is 0 Å². The third-order valence-electron chi connectivity index (χ3n) is 4.41. The van der Waals surface area contributed by atoms with E-state index in [1.807, 2.05) is 23.4 Å². The number of anilines is 1. The maximum Gasteiger partial charge on any atom is 0.318 e. The highest BCUT2D eigenvalue weighted by Gasteiger charge is 2.23. The molecule has 2 heterocycles. The molecule has 3 rings (SSSR count). The second-order valence-corrected chi connectivity index (χ2v) is 6.28. The summed E-state index contributed by atoms with van der Waals surface area (Å²) in [4.78, 5) is 16.6. The molecule has 7 heteroatoms. The topological polar surface area (TPSA) is 66.3 Å². The van der Waals surface area contributed by atoms with Crippen molar-refractivity contribution in [1.29, 1.82) is 0 Å². The molecule has 7 nitrogen and oxygen atoms in total. The van der Waals surface area contributed by atoms with Crippen molar-refractivity contribution in [1.82, 2.24) is 25.0 Å². The van der Waals surface area contributed by atoms with Gasteiger partial charge in [-0.15, -0.1) is 10.2 Å². The van der Waals surface area contributed by atoms with Crippen molar-refractivity contribution >= 4 is 11.7 Å². The van der Waals surface area contributed by atoms with Crippen molar-refractivity contribution in [2.24, 2.45) is 7.05 Å². The second-order valence-electron chi connectivity index (χ2n) is 6.28. The number of nitrogens with one attached hydrogen (secondary N) is 1. The molecule has 1 N–H and O–H groups in total. The number of hydrogen-bond acceptors (Lipinski definition) is 4. The van der Waals surface area contributed by atoms with Crippen LogP contribution in [-0.2, 0) is 7.05 Å². The first-order valence-corrected chi connectivity index (χ1v) is 8.25. The van der Waals surface area contributed by atoms with Gasteiger partial charge in [0.05, 0.1) is 6.04 Å². The number of rotatable bonds is 3. The predicted octanol–water partition coefficient (Wildman–Crippen LogP) is 1.72. The highest BCUT2D eigenvalue weighted by Crippen LogP contribution is 2.18. The SMILES string of the molecule is Cc1cccc(N2CCN(C(=O)NC(C)c3nncn3C)CC2)c1. The molecular formula is C17H24N6O. The first-order chi connectivity index (χ1) is 11.5. The second kappa shape index (κ2) is 6.90. The van der Waals surface area contributed by atoms with Crippen molar-refractivity contribution in [3.8, 4) is 0 Å². The fourth-order valence-electron chi connectivity index (χ4n) is 3.02. The molecular weight excluding hydrogens is 304 g/mol. The number of amides is 2. The van der Waals surface area contributed by atoms with E-state index >= 15 is 0 Å². The van der Waals surface area contributed by atoms with Crippen LogP contribution in [0.25, 0.3) is 0 Å². The van der Waals surface area contributed by atoms with Gasteiger partial charge >= 0.3 is 6.03 Å². The number of urea groups is 1. The molecule has 2 amide bonds. The van der Waals surface area contributed by atoms with E-state index in [-0.39, 0.29) is 12.1 Å². The van der Waals surface area contributed by atoms with Crippen LogP contribution in [0.2, 0.25) is 0 Å². The van der Waals surface area contributed by atoms with Crippen molar-refractivity contribution in [3.05, 3.63) is 42.0 Å². The Labute approximate surface area is 142 Å². The quantitative estimate of drug-likeness (QED) is 0.931. The third-order valence-corrected chi connectivity index (χ3v) is 4.41. The number of hydrogen-bond donors (Lipinski definition) is 1. The largest absolute Gasteiger partial charge is 0.368 e. The Morgan fingerprint density at radius 1 is 1.25 bits per heavy atom. The molecule has 1 aromatic carbocycles. The van der Waals surface area contributed by atoms with Crippen LogP contribution in [0, 0.1) is 6.92 Å². The van der Waals surface area contributed by atoms with E-state index in [4.69, 9.17) is 0 Å². The summed E-state index contributed by atoms with van der Waals surface area (Å²) in [6.07, 6.45) is 1.64. The summed E-state index contributed by atoms with van der Waals surface area (Å²) >= 11 is 0. The summed E-state index contributed by atoms with van der Waals surface area (Å²) in [6, 6.07) is 8.27. The third kappa shape index (κ3) is 3.50. The van der Waals surface area contributed by atoms with Crippen LogP contribution in [0.3, 0.4) is 0 Å². The van der Waals surface area contributed by atoms with Gasteiger partial charge in [-0.05, 0) is 31.5 Å². The maximum atomic E-state index is 12.5. The lowest BCUT2D eigenvalue weighted by molar-refractivity contribution is 0.190. The van der Waals surface area contributed by atoms with Crippen LogP contribution in [0.5, 0.6) is 0 Å². The Kier molecular flexibility index (Phi) is 4.69. The highest BCUT2D eigenvalue weighted by atomic mass is 16.2. The lowest BCUT2D eigenvalue weighted by Gasteiger charge is -2.36. The van der Waals surface area contributed by atoms with Gasteiger partial charge < -0.3 is 19.7 Å². The Morgan fingerprint density at radius 2 is 2.00 bits per heavy atom. The highest BCUT2D eigenvalue weighted by molar-refractivity contribution is 5.75. The Morgan fingerprint density at radius 3 is 2.62 bits per heavy atom. The number of carbonyl (C=O) groups excluding carboxylic acids is 1. The molecule has 2 aromatic rings. The Balaban J connectivity index is 1.54. The summed E-state index contributed by atoms with van der Waals surface area (Å²) in [5.41, 5.74) is 2.48. The van der Waals surface area contributed by atoms with E-state index in [9.17, 15) is 4.79 Å². The summed E-state index contributed by atoms with van der Waals surface area (Å²) < 4.78 is 1.82. The molecule has 1 aromatic heterocycles. The summed E-state index contributed by atoms with van der Waals surface area (Å²) in [5, 5.41) is 10.9. The zero-order chi connectivity index (χ0) is 17.1. The van der Waals surface area contributed by atoms with Gasteiger partial charge in [0.15, 0.2) is 5.82 Å². The van der Waals surface area contributed by atoms with Gasteiger partial charge in [-0.2, -0.15) is 0 Å². The zero-order valence-corrected chi connectivity index (χ0v) is 14.4. The standard InChI is InChI=1S/C17H24N6O/c1-13-5-4-6-15(11-13)22-7-9-23(10-8-22)17(24)19-14(2)16-20-18-12-21(16)3/h4-6,11-12,14H,7-10H2,1-3H3,(H,19,24). The van der Waals surface area contributed by atoms with Gasteiger partial charge in [0, 0.05) is 38.9 Å². The first kappa shape index (κ1) is 16.3. The molecule has 24 heavy (non-hydrogen) atoms. The van der Waals surface area contributed by atoms with E-state index in [2.05, 4.69) is 51.6 Å². The normalized spacial score (nSPS) is 16.1. The molecule has 0 spiro atoms. The molecule has 1 aliphatic rings. The van der Waals surface area contributed by atoms with E-state index in [1.54, 1.807) is 6.33 Å². The fraction of sp³-hybridized carbons (Fsp3) is 0.471. The molecule has 1 unspecified atom stereocenters. The van der Waals surface area contributed by atoms with Crippen molar-refractivity contribution < 1.29 is 4.79 Å². The number of carbonyl (C=O) groups is 1. The van der Waals surface area contributed by atoms with Gasteiger partial charge in [-0.3, -0.25) is 0 Å². The van der Waals surface area contributed by atoms with Crippen LogP contribution < -0.4 is 10.2 Å². The molecule has 0 bridgehead atoms. The van der Waals surface area contributed by atoms with E-state index in [0.717, 1.165) is 18.9 Å². The van der Waals surface area contributed by atoms with Gasteiger partial charge in [-0.25, -0.2) is 4.79 Å². The van der Waals surface area contributed by atoms with Crippen LogP contribution >= 0.6 is 0 Å². The minimum absolute atomic E-state index is 0.0469. The average molecular weight is 328 g/mol. The molecule has 0 aliphatic carbocycles. The molecule has 1 fully saturated rings. The molecule has 1 saturated heterocycles. The van der Waals surface area contributed by atoms with E-state index in [1.165, 1.54) is 11.3 Å². The fourth-order valence-corrected chi connectivity index (χ4v) is 3.02. The summed E-state index contributed by atoms with van der Waals surface area (Å²) in [5.74, 6) is 0.752. The van der Waals surface area contributed by atoms with Gasteiger partial charge in [0.1, 0.15) is 6.33 Å². The first-order valence-electron chi connectivity index (χ1n) is 8.25. The lowest BCUT2D eigenvalue weighted by Crippen LogP contribution is -2.52. The van der Waals surface area contributed by atoms with Crippen LogP contribution in [0.4, 0.5) is 10.5 Å². The smallest absolute Gasteiger partial charge is 0.318 e. The monoisotopic (exact) mass is 328 g/mol. The van der Waals surface area contributed by atoms with E-state index < -0.39 is 0 Å². The molecule has 0 radical (unpaired) electrons. The van der Waals surface area contributed by atoms with Crippen molar-refractivity contribution in [3.63, 3.8) is 0 Å². The molecule has 1 aliphatic heterocycles. The van der Waals surface area contributed by atoms with Gasteiger partial charge in [0.25, 0.3) is 0 Å². The van der Waals surface area contributed by atoms with Crippen LogP contribution in [0.1, 0.15) is 24.4 Å². The lowest BCUT2D eigenvalue weighted by atomic mass is 10.2. The summed E-state index contributed by atoms with van der Waals surface area (Å²) in [7, 11) is 1.87. The minimum atomic E-state index is -0.167. The number of benzene rings is 1. The van der Waals surface area contributed by atoms with Gasteiger partial charge in [-0.1, -0.05) is 12.1 Å². The number of nitrogens with zero attached hydrogens (tertiary/aromatic N) is 5. The molecule has 0 saturated carbocycles. The van der Waals surface area contributed by atoms with E-state index in [0.29, 0.717) is 13.1 Å². The molecule has 1 atom stereocenters. The van der Waals surface area contributed by atoms with Crippen LogP contribution in [-0.4, -0.2) is 51.9 Å². The number of piperazine rings is 1. The minimum Gasteiger partial charge on any atom is -0.368 e. The van der Waals surface area contributed by atoms with Crippen LogP contribution in [0.15, 0.2) is 30.6 Å². The molecule has 128 valence electrons. The average Bonchev–Trinajstić information content (AvgIpc) is 3.01. The predicted molar refractivity (Wildman–Crippen MR) is 92.9 cm³/mol. The Hall–Kier alpha value is -2.57. The van der Waals surface area contributed by atoms with Crippen molar-refractivity contribution in [2.75, 3.05) is 31.1 Å². The zero-order valence-electron chi connectivity index (χ0n) is 14.4. The number of aryl methyl sites for hydroxylation is 2.